The summed E-state index contributed by atoms with van der Waals surface area (Å²) >= 11 is 1.75. The first kappa shape index (κ1) is 16.1. The van der Waals surface area contributed by atoms with Gasteiger partial charge in [-0.3, -0.25) is 4.79 Å². The molecule has 2 atom stereocenters. The molecule has 0 aliphatic heterocycles. The monoisotopic (exact) mass is 262 g/mol. The Morgan fingerprint density at radius 2 is 1.71 bits per heavy atom. The summed E-state index contributed by atoms with van der Waals surface area (Å²) in [5.74, 6) is 0.170. The Balaban J connectivity index is 3.73. The van der Waals surface area contributed by atoms with Crippen molar-refractivity contribution in [3.8, 4) is 0 Å². The molecule has 100 valence electrons. The van der Waals surface area contributed by atoms with Gasteiger partial charge in [0.2, 0.25) is 0 Å². The van der Waals surface area contributed by atoms with Crippen LogP contribution < -0.4 is 10.6 Å². The molecule has 0 aromatic heterocycles. The van der Waals surface area contributed by atoms with E-state index in [0.717, 1.165) is 12.2 Å². The standard InChI is InChI=1S/C11H22N2O3S/c1-8(4-5-10(14)15)12-11(16)13-9(2)6-7-17-3/h8-9H,4-7H2,1-3H3,(H,14,15)(H2,12,13,16). The van der Waals surface area contributed by atoms with Gasteiger partial charge >= 0.3 is 12.0 Å². The first-order valence-corrected chi connectivity index (χ1v) is 7.12. The minimum atomic E-state index is -0.840. The number of carboxylic acids is 1. The molecular weight excluding hydrogens is 240 g/mol. The van der Waals surface area contributed by atoms with Crippen molar-refractivity contribution in [2.45, 2.75) is 45.2 Å². The van der Waals surface area contributed by atoms with Crippen molar-refractivity contribution in [1.29, 1.82) is 0 Å². The number of carboxylic acid groups (broad SMARTS) is 1. The molecule has 3 N–H and O–H groups in total. The molecule has 17 heavy (non-hydrogen) atoms. The zero-order valence-corrected chi connectivity index (χ0v) is 11.5. The van der Waals surface area contributed by atoms with E-state index in [-0.39, 0.29) is 24.5 Å². The first-order valence-electron chi connectivity index (χ1n) is 5.73. The highest BCUT2D eigenvalue weighted by molar-refractivity contribution is 7.98. The predicted octanol–water partition coefficient (Wildman–Crippen LogP) is 1.68. The van der Waals surface area contributed by atoms with Crippen LogP contribution in [0.2, 0.25) is 0 Å². The molecule has 2 unspecified atom stereocenters. The molecule has 0 aliphatic carbocycles. The molecule has 6 heteroatoms. The third-order valence-electron chi connectivity index (χ3n) is 2.30. The normalized spacial score (nSPS) is 13.8. The second kappa shape index (κ2) is 9.15. The molecule has 5 nitrogen and oxygen atoms in total. The third kappa shape index (κ3) is 9.99. The van der Waals surface area contributed by atoms with Crippen molar-refractivity contribution >= 4 is 23.8 Å². The number of urea groups is 1. The summed E-state index contributed by atoms with van der Waals surface area (Å²) in [4.78, 5) is 21.9. The van der Waals surface area contributed by atoms with Crippen LogP contribution in [0, 0.1) is 0 Å². The van der Waals surface area contributed by atoms with E-state index in [0.29, 0.717) is 6.42 Å². The molecule has 0 spiro atoms. The van der Waals surface area contributed by atoms with Gasteiger partial charge in [0.25, 0.3) is 0 Å². The van der Waals surface area contributed by atoms with Gasteiger partial charge in [0.05, 0.1) is 0 Å². The van der Waals surface area contributed by atoms with Crippen LogP contribution in [-0.2, 0) is 4.79 Å². The summed E-state index contributed by atoms with van der Waals surface area (Å²) in [6.07, 6.45) is 3.48. The number of hydrogen-bond acceptors (Lipinski definition) is 3. The van der Waals surface area contributed by atoms with Gasteiger partial charge in [0.15, 0.2) is 0 Å². The van der Waals surface area contributed by atoms with E-state index in [1.807, 2.05) is 13.2 Å². The molecule has 2 amide bonds. The van der Waals surface area contributed by atoms with E-state index in [9.17, 15) is 9.59 Å². The van der Waals surface area contributed by atoms with Gasteiger partial charge in [-0.15, -0.1) is 0 Å². The smallest absolute Gasteiger partial charge is 0.315 e. The fraction of sp³-hybridized carbons (Fsp3) is 0.818. The summed E-state index contributed by atoms with van der Waals surface area (Å²) in [6, 6.07) is -0.218. The summed E-state index contributed by atoms with van der Waals surface area (Å²) in [5, 5.41) is 14.1. The zero-order chi connectivity index (χ0) is 13.3. The summed E-state index contributed by atoms with van der Waals surface area (Å²) in [7, 11) is 0. The number of carbonyl (C=O) groups is 2. The van der Waals surface area contributed by atoms with Gasteiger partial charge in [0, 0.05) is 18.5 Å². The Hall–Kier alpha value is -0.910. The second-order valence-corrected chi connectivity index (χ2v) is 5.12. The van der Waals surface area contributed by atoms with Crippen LogP contribution in [0.25, 0.3) is 0 Å². The largest absolute Gasteiger partial charge is 0.481 e. The Labute approximate surface area is 107 Å². The van der Waals surface area contributed by atoms with Crippen LogP contribution in [-0.4, -0.2) is 41.2 Å². The van der Waals surface area contributed by atoms with Gasteiger partial charge in [0.1, 0.15) is 0 Å². The first-order chi connectivity index (χ1) is 7.95. The van der Waals surface area contributed by atoms with Crippen LogP contribution in [0.4, 0.5) is 4.79 Å². The van der Waals surface area contributed by atoms with Crippen LogP contribution >= 0.6 is 11.8 Å². The van der Waals surface area contributed by atoms with E-state index in [1.54, 1.807) is 18.7 Å². The highest BCUT2D eigenvalue weighted by atomic mass is 32.2. The minimum absolute atomic E-state index is 0.0729. The Bertz CT molecular complexity index is 249. The second-order valence-electron chi connectivity index (χ2n) is 4.13. The minimum Gasteiger partial charge on any atom is -0.481 e. The van der Waals surface area contributed by atoms with Gasteiger partial charge in [-0.05, 0) is 38.7 Å². The highest BCUT2D eigenvalue weighted by Crippen LogP contribution is 2.00. The fourth-order valence-electron chi connectivity index (χ4n) is 1.27. The van der Waals surface area contributed by atoms with Crippen LogP contribution in [0.15, 0.2) is 0 Å². The Morgan fingerprint density at radius 1 is 1.18 bits per heavy atom. The lowest BCUT2D eigenvalue weighted by atomic mass is 10.2. The van der Waals surface area contributed by atoms with Gasteiger partial charge in [-0.1, -0.05) is 0 Å². The molecular formula is C11H22N2O3S. The van der Waals surface area contributed by atoms with Crippen molar-refractivity contribution in [1.82, 2.24) is 10.6 Å². The molecule has 0 rings (SSSR count). The van der Waals surface area contributed by atoms with E-state index in [4.69, 9.17) is 5.11 Å². The van der Waals surface area contributed by atoms with Crippen molar-refractivity contribution in [3.63, 3.8) is 0 Å². The van der Waals surface area contributed by atoms with E-state index in [2.05, 4.69) is 10.6 Å². The van der Waals surface area contributed by atoms with Gasteiger partial charge in [-0.2, -0.15) is 11.8 Å². The maximum atomic E-state index is 11.5. The van der Waals surface area contributed by atoms with Crippen molar-refractivity contribution in [2.24, 2.45) is 0 Å². The summed E-state index contributed by atoms with van der Waals surface area (Å²) in [5.41, 5.74) is 0. The molecule has 0 saturated carbocycles. The van der Waals surface area contributed by atoms with Crippen molar-refractivity contribution in [3.05, 3.63) is 0 Å². The number of thioether (sulfide) groups is 1. The van der Waals surface area contributed by atoms with Crippen molar-refractivity contribution < 1.29 is 14.7 Å². The number of carbonyl (C=O) groups excluding carboxylic acids is 1. The molecule has 0 saturated heterocycles. The van der Waals surface area contributed by atoms with Crippen LogP contribution in [0.5, 0.6) is 0 Å². The average molecular weight is 262 g/mol. The Morgan fingerprint density at radius 3 is 2.18 bits per heavy atom. The number of nitrogens with one attached hydrogen (secondary N) is 2. The lowest BCUT2D eigenvalue weighted by Gasteiger charge is -2.17. The highest BCUT2D eigenvalue weighted by Gasteiger charge is 2.11. The van der Waals surface area contributed by atoms with Crippen LogP contribution in [0.1, 0.15) is 33.1 Å². The topological polar surface area (TPSA) is 78.4 Å². The van der Waals surface area contributed by atoms with E-state index in [1.165, 1.54) is 0 Å². The lowest BCUT2D eigenvalue weighted by molar-refractivity contribution is -0.137. The number of hydrogen-bond donors (Lipinski definition) is 3. The number of aliphatic carboxylic acids is 1. The molecule has 0 radical (unpaired) electrons. The molecule has 0 bridgehead atoms. The molecule has 0 aromatic carbocycles. The molecule has 0 fully saturated rings. The summed E-state index contributed by atoms with van der Waals surface area (Å²) in [6.45, 7) is 3.76. The fourth-order valence-corrected chi connectivity index (χ4v) is 1.86. The average Bonchev–Trinajstić information content (AvgIpc) is 2.23. The van der Waals surface area contributed by atoms with E-state index >= 15 is 0 Å². The quantitative estimate of drug-likeness (QED) is 0.622. The maximum absolute atomic E-state index is 11.5. The predicted molar refractivity (Wildman–Crippen MR) is 70.5 cm³/mol. The SMILES string of the molecule is CSCCC(C)NC(=O)NC(C)CCC(=O)O. The summed E-state index contributed by atoms with van der Waals surface area (Å²) < 4.78 is 0. The number of rotatable bonds is 8. The van der Waals surface area contributed by atoms with Gasteiger partial charge in [-0.25, -0.2) is 4.79 Å². The molecule has 0 aliphatic rings. The van der Waals surface area contributed by atoms with E-state index < -0.39 is 5.97 Å². The Kier molecular flexibility index (Phi) is 8.66. The van der Waals surface area contributed by atoms with Crippen LogP contribution in [0.3, 0.4) is 0 Å². The maximum Gasteiger partial charge on any atom is 0.315 e. The van der Waals surface area contributed by atoms with Gasteiger partial charge < -0.3 is 15.7 Å². The zero-order valence-electron chi connectivity index (χ0n) is 10.7. The molecule has 0 aromatic rings. The number of amides is 2. The third-order valence-corrected chi connectivity index (χ3v) is 2.95. The van der Waals surface area contributed by atoms with Crippen molar-refractivity contribution in [2.75, 3.05) is 12.0 Å². The molecule has 0 heterocycles. The lowest BCUT2D eigenvalue weighted by Crippen LogP contribution is -2.44.